The van der Waals surface area contributed by atoms with E-state index in [0.717, 1.165) is 21.9 Å². The van der Waals surface area contributed by atoms with Gasteiger partial charge in [0.25, 0.3) is 11.5 Å². The van der Waals surface area contributed by atoms with Gasteiger partial charge in [0.2, 0.25) is 0 Å². The molecule has 3 aromatic rings. The fourth-order valence-corrected chi connectivity index (χ4v) is 3.42. The first-order chi connectivity index (χ1) is 13.1. The maximum Gasteiger partial charge on any atom is 0.261 e. The summed E-state index contributed by atoms with van der Waals surface area (Å²) in [4.78, 5) is 28.3. The van der Waals surface area contributed by atoms with Crippen molar-refractivity contribution in [2.75, 3.05) is 20.8 Å². The largest absolute Gasteiger partial charge is 0.497 e. The number of ether oxygens (including phenoxy) is 2. The average Bonchev–Trinajstić information content (AvgIpc) is 3.22. The van der Waals surface area contributed by atoms with E-state index in [4.69, 9.17) is 9.47 Å². The first-order valence-electron chi connectivity index (χ1n) is 8.38. The number of carbonyl (C=O) groups excluding carboxylic acids is 1. The third-order valence-electron chi connectivity index (χ3n) is 4.11. The molecule has 0 fully saturated rings. The van der Waals surface area contributed by atoms with Crippen LogP contribution in [0.2, 0.25) is 0 Å². The molecule has 0 aliphatic carbocycles. The molecule has 0 saturated heterocycles. The second kappa shape index (κ2) is 8.55. The van der Waals surface area contributed by atoms with Gasteiger partial charge in [0, 0.05) is 6.54 Å². The van der Waals surface area contributed by atoms with E-state index in [9.17, 15) is 9.59 Å². The highest BCUT2D eigenvalue weighted by Crippen LogP contribution is 2.24. The van der Waals surface area contributed by atoms with E-state index in [1.54, 1.807) is 26.4 Å². The van der Waals surface area contributed by atoms with Crippen LogP contribution in [0.3, 0.4) is 0 Å². The summed E-state index contributed by atoms with van der Waals surface area (Å²) >= 11 is 1.52. The molecule has 1 amide bonds. The van der Waals surface area contributed by atoms with Crippen LogP contribution in [0.5, 0.6) is 11.5 Å². The van der Waals surface area contributed by atoms with Gasteiger partial charge >= 0.3 is 0 Å². The lowest BCUT2D eigenvalue weighted by Gasteiger charge is -2.11. The van der Waals surface area contributed by atoms with Gasteiger partial charge in [-0.1, -0.05) is 6.07 Å². The molecule has 3 rings (SSSR count). The Hall–Kier alpha value is -3.06. The standard InChI is InChI=1S/C20H20N2O4S/c1-25-14-5-8-17(26-2)13(12-14)9-10-21-19(23)15-6-7-16(22-20(15)24)18-4-3-11-27-18/h3-8,11-12H,9-10H2,1-2H3,(H,21,23)(H,22,24). The lowest BCUT2D eigenvalue weighted by atomic mass is 10.1. The molecular formula is C20H20N2O4S. The van der Waals surface area contributed by atoms with Gasteiger partial charge in [0.15, 0.2) is 0 Å². The van der Waals surface area contributed by atoms with Crippen LogP contribution >= 0.6 is 11.3 Å². The third kappa shape index (κ3) is 4.38. The van der Waals surface area contributed by atoms with Crippen molar-refractivity contribution in [1.82, 2.24) is 10.3 Å². The van der Waals surface area contributed by atoms with Crippen molar-refractivity contribution in [3.8, 4) is 22.1 Å². The first kappa shape index (κ1) is 18.7. The minimum absolute atomic E-state index is 0.0907. The summed E-state index contributed by atoms with van der Waals surface area (Å²) in [6.45, 7) is 0.370. The van der Waals surface area contributed by atoms with Crippen LogP contribution in [-0.4, -0.2) is 31.7 Å². The number of methoxy groups -OCH3 is 2. The highest BCUT2D eigenvalue weighted by atomic mass is 32.1. The number of benzene rings is 1. The summed E-state index contributed by atoms with van der Waals surface area (Å²) in [5.74, 6) is 1.04. The van der Waals surface area contributed by atoms with Gasteiger partial charge in [0.05, 0.1) is 24.8 Å². The molecule has 6 nitrogen and oxygen atoms in total. The average molecular weight is 384 g/mol. The van der Waals surface area contributed by atoms with Gasteiger partial charge in [-0.2, -0.15) is 0 Å². The topological polar surface area (TPSA) is 80.4 Å². The molecule has 0 atom stereocenters. The van der Waals surface area contributed by atoms with Gasteiger partial charge in [-0.25, -0.2) is 0 Å². The van der Waals surface area contributed by atoms with Crippen LogP contribution < -0.4 is 20.3 Å². The van der Waals surface area contributed by atoms with Crippen LogP contribution in [0.25, 0.3) is 10.6 Å². The van der Waals surface area contributed by atoms with E-state index in [1.807, 2.05) is 35.7 Å². The van der Waals surface area contributed by atoms with Crippen molar-refractivity contribution >= 4 is 17.2 Å². The van der Waals surface area contributed by atoms with Crippen LogP contribution in [0.15, 0.2) is 52.6 Å². The molecule has 0 aliphatic rings. The van der Waals surface area contributed by atoms with Crippen LogP contribution in [-0.2, 0) is 6.42 Å². The van der Waals surface area contributed by atoms with Crippen molar-refractivity contribution in [1.29, 1.82) is 0 Å². The molecule has 140 valence electrons. The van der Waals surface area contributed by atoms with E-state index in [2.05, 4.69) is 10.3 Å². The maximum absolute atomic E-state index is 12.3. The normalized spacial score (nSPS) is 10.4. The van der Waals surface area contributed by atoms with E-state index < -0.39 is 11.5 Å². The number of H-pyrrole nitrogens is 1. The van der Waals surface area contributed by atoms with Crippen molar-refractivity contribution < 1.29 is 14.3 Å². The molecule has 2 heterocycles. The van der Waals surface area contributed by atoms with Crippen molar-refractivity contribution in [3.05, 3.63) is 69.3 Å². The zero-order chi connectivity index (χ0) is 19.2. The Bertz CT molecular complexity index is 980. The highest BCUT2D eigenvalue weighted by Gasteiger charge is 2.12. The van der Waals surface area contributed by atoms with Gasteiger partial charge in [-0.05, 0) is 53.8 Å². The highest BCUT2D eigenvalue weighted by molar-refractivity contribution is 7.13. The number of pyridine rings is 1. The Labute approximate surface area is 160 Å². The molecule has 0 bridgehead atoms. The Morgan fingerprint density at radius 2 is 2.00 bits per heavy atom. The van der Waals surface area contributed by atoms with Crippen molar-refractivity contribution in [2.24, 2.45) is 0 Å². The zero-order valence-electron chi connectivity index (χ0n) is 15.1. The second-order valence-electron chi connectivity index (χ2n) is 5.78. The summed E-state index contributed by atoms with van der Waals surface area (Å²) < 4.78 is 10.6. The maximum atomic E-state index is 12.3. The number of hydrogen-bond acceptors (Lipinski definition) is 5. The molecule has 0 aliphatic heterocycles. The lowest BCUT2D eigenvalue weighted by Crippen LogP contribution is -2.31. The lowest BCUT2D eigenvalue weighted by molar-refractivity contribution is 0.0952. The number of aromatic nitrogens is 1. The first-order valence-corrected chi connectivity index (χ1v) is 9.26. The minimum Gasteiger partial charge on any atom is -0.497 e. The fourth-order valence-electron chi connectivity index (χ4n) is 2.71. The van der Waals surface area contributed by atoms with Crippen LogP contribution in [0, 0.1) is 0 Å². The molecule has 0 spiro atoms. The molecule has 27 heavy (non-hydrogen) atoms. The summed E-state index contributed by atoms with van der Waals surface area (Å²) in [6, 6.07) is 12.6. The Balaban J connectivity index is 1.66. The summed E-state index contributed by atoms with van der Waals surface area (Å²) in [5.41, 5.74) is 1.30. The molecule has 0 unspecified atom stereocenters. The second-order valence-corrected chi connectivity index (χ2v) is 6.72. The zero-order valence-corrected chi connectivity index (χ0v) is 15.9. The number of aromatic amines is 1. The van der Waals surface area contributed by atoms with Crippen LogP contribution in [0.4, 0.5) is 0 Å². The molecule has 1 aromatic carbocycles. The number of amides is 1. The molecule has 7 heteroatoms. The minimum atomic E-state index is -0.407. The summed E-state index contributed by atoms with van der Waals surface area (Å²) in [6.07, 6.45) is 0.553. The van der Waals surface area contributed by atoms with Crippen molar-refractivity contribution in [3.63, 3.8) is 0 Å². The van der Waals surface area contributed by atoms with Crippen LogP contribution in [0.1, 0.15) is 15.9 Å². The van der Waals surface area contributed by atoms with Crippen molar-refractivity contribution in [2.45, 2.75) is 6.42 Å². The predicted molar refractivity (Wildman–Crippen MR) is 106 cm³/mol. The SMILES string of the molecule is COc1ccc(OC)c(CCNC(=O)c2ccc(-c3cccs3)[nH]c2=O)c1. The Morgan fingerprint density at radius 1 is 1.15 bits per heavy atom. The Kier molecular flexibility index (Phi) is 5.93. The summed E-state index contributed by atoms with van der Waals surface area (Å²) in [7, 11) is 3.19. The number of hydrogen-bond donors (Lipinski definition) is 2. The monoisotopic (exact) mass is 384 g/mol. The number of carbonyl (C=O) groups is 1. The molecular weight excluding hydrogens is 364 g/mol. The molecule has 2 aromatic heterocycles. The Morgan fingerprint density at radius 3 is 2.67 bits per heavy atom. The molecule has 0 radical (unpaired) electrons. The van der Waals surface area contributed by atoms with Gasteiger partial charge < -0.3 is 19.8 Å². The molecule has 2 N–H and O–H groups in total. The smallest absolute Gasteiger partial charge is 0.261 e. The fraction of sp³-hybridized carbons (Fsp3) is 0.200. The van der Waals surface area contributed by atoms with E-state index in [-0.39, 0.29) is 5.56 Å². The predicted octanol–water partition coefficient (Wildman–Crippen LogP) is 3.09. The van der Waals surface area contributed by atoms with E-state index in [1.165, 1.54) is 11.3 Å². The number of nitrogens with one attached hydrogen (secondary N) is 2. The van der Waals surface area contributed by atoms with Gasteiger partial charge in [-0.15, -0.1) is 11.3 Å². The van der Waals surface area contributed by atoms with E-state index >= 15 is 0 Å². The van der Waals surface area contributed by atoms with Gasteiger partial charge in [0.1, 0.15) is 17.1 Å². The molecule has 0 saturated carbocycles. The quantitative estimate of drug-likeness (QED) is 0.656. The third-order valence-corrected chi connectivity index (χ3v) is 5.01. The van der Waals surface area contributed by atoms with E-state index in [0.29, 0.717) is 18.7 Å². The summed E-state index contributed by atoms with van der Waals surface area (Å²) in [5, 5.41) is 4.71. The number of thiophene rings is 1. The number of rotatable bonds is 7. The van der Waals surface area contributed by atoms with Gasteiger partial charge in [-0.3, -0.25) is 9.59 Å².